The summed E-state index contributed by atoms with van der Waals surface area (Å²) in [4.78, 5) is -0.147. The average Bonchev–Trinajstić information content (AvgIpc) is 2.38. The highest BCUT2D eigenvalue weighted by Crippen LogP contribution is 2.53. The van der Waals surface area contributed by atoms with E-state index in [1.165, 1.54) is 0 Å². The summed E-state index contributed by atoms with van der Waals surface area (Å²) in [5.74, 6) is 0. The number of halogens is 1. The van der Waals surface area contributed by atoms with Crippen molar-refractivity contribution in [2.75, 3.05) is 0 Å². The number of hydrogen-bond donors (Lipinski definition) is 1. The zero-order valence-corrected chi connectivity index (χ0v) is 6.25. The number of hydrogen-bond acceptors (Lipinski definition) is 2. The first-order valence-corrected chi connectivity index (χ1v) is 4.00. The minimum Gasteiger partial charge on any atom is -0.312 e. The van der Waals surface area contributed by atoms with Crippen molar-refractivity contribution in [1.29, 1.82) is 0 Å². The van der Waals surface area contributed by atoms with Crippen LogP contribution in [-0.2, 0) is 0 Å². The van der Waals surface area contributed by atoms with Gasteiger partial charge in [-0.25, -0.2) is 0 Å². The van der Waals surface area contributed by atoms with Gasteiger partial charge in [0, 0.05) is 5.03 Å². The minimum atomic E-state index is -0.147. The molecule has 0 aromatic heterocycles. The summed E-state index contributed by atoms with van der Waals surface area (Å²) in [6.07, 6.45) is 5.86. The van der Waals surface area contributed by atoms with Gasteiger partial charge in [0.25, 0.3) is 0 Å². The van der Waals surface area contributed by atoms with Crippen molar-refractivity contribution in [3.63, 3.8) is 0 Å². The van der Waals surface area contributed by atoms with Crippen molar-refractivity contribution < 1.29 is 0 Å². The van der Waals surface area contributed by atoms with Crippen LogP contribution in [0.4, 0.5) is 0 Å². The maximum Gasteiger partial charge on any atom is 0.0987 e. The van der Waals surface area contributed by atoms with Crippen molar-refractivity contribution >= 4 is 23.4 Å². The first-order valence-electron chi connectivity index (χ1n) is 2.74. The van der Waals surface area contributed by atoms with E-state index >= 15 is 0 Å². The largest absolute Gasteiger partial charge is 0.312 e. The SMILES string of the molecule is NC12C=C(Cl)C=CC1S2. The molecule has 1 aliphatic carbocycles. The Balaban J connectivity index is 2.34. The molecule has 0 aromatic carbocycles. The molecule has 0 spiro atoms. The van der Waals surface area contributed by atoms with Crippen molar-refractivity contribution in [3.05, 3.63) is 23.3 Å². The van der Waals surface area contributed by atoms with Gasteiger partial charge >= 0.3 is 0 Å². The maximum atomic E-state index is 5.79. The Morgan fingerprint density at radius 2 is 2.56 bits per heavy atom. The van der Waals surface area contributed by atoms with Crippen molar-refractivity contribution in [3.8, 4) is 0 Å². The lowest BCUT2D eigenvalue weighted by molar-refractivity contribution is 0.870. The third-order valence-corrected chi connectivity index (χ3v) is 3.07. The van der Waals surface area contributed by atoms with Gasteiger partial charge in [-0.2, -0.15) is 0 Å². The highest BCUT2D eigenvalue weighted by molar-refractivity contribution is 8.09. The molecule has 1 aliphatic heterocycles. The van der Waals surface area contributed by atoms with E-state index in [1.807, 2.05) is 18.2 Å². The van der Waals surface area contributed by atoms with Gasteiger partial charge in [-0.05, 0) is 12.2 Å². The lowest BCUT2D eigenvalue weighted by atomic mass is 10.1. The molecule has 0 bridgehead atoms. The highest BCUT2D eigenvalue weighted by atomic mass is 35.5. The van der Waals surface area contributed by atoms with Crippen molar-refractivity contribution in [2.45, 2.75) is 10.1 Å². The van der Waals surface area contributed by atoms with Crippen molar-refractivity contribution in [1.82, 2.24) is 0 Å². The Morgan fingerprint density at radius 1 is 1.78 bits per heavy atom. The predicted octanol–water partition coefficient (Wildman–Crippen LogP) is 1.45. The van der Waals surface area contributed by atoms with Crippen LogP contribution in [0.5, 0.6) is 0 Å². The molecule has 3 heteroatoms. The van der Waals surface area contributed by atoms with Gasteiger partial charge in [-0.1, -0.05) is 17.7 Å². The zero-order valence-electron chi connectivity index (χ0n) is 4.67. The predicted molar refractivity (Wildman–Crippen MR) is 41.4 cm³/mol. The topological polar surface area (TPSA) is 26.0 Å². The summed E-state index contributed by atoms with van der Waals surface area (Å²) in [5.41, 5.74) is 5.79. The van der Waals surface area contributed by atoms with Gasteiger partial charge < -0.3 is 5.73 Å². The molecule has 1 fully saturated rings. The summed E-state index contributed by atoms with van der Waals surface area (Å²) >= 11 is 7.44. The Hall–Kier alpha value is 0.0800. The number of thioether (sulfide) groups is 1. The quantitative estimate of drug-likeness (QED) is 0.542. The van der Waals surface area contributed by atoms with Crippen LogP contribution in [0.3, 0.4) is 0 Å². The summed E-state index contributed by atoms with van der Waals surface area (Å²) in [7, 11) is 0. The molecule has 1 saturated heterocycles. The molecule has 9 heavy (non-hydrogen) atoms. The normalized spacial score (nSPS) is 46.0. The standard InChI is InChI=1S/C6H6ClNS/c7-4-1-2-5-6(8,3-4)9-5/h1-3,5H,8H2. The molecule has 2 N–H and O–H groups in total. The molecule has 0 aromatic rings. The van der Waals surface area contributed by atoms with E-state index < -0.39 is 0 Å². The van der Waals surface area contributed by atoms with Gasteiger partial charge in [-0.15, -0.1) is 11.8 Å². The molecule has 1 heterocycles. The molecule has 2 unspecified atom stereocenters. The Morgan fingerprint density at radius 3 is 3.11 bits per heavy atom. The molecular weight excluding hydrogens is 154 g/mol. The summed E-state index contributed by atoms with van der Waals surface area (Å²) in [5, 5.41) is 1.25. The van der Waals surface area contributed by atoms with Gasteiger partial charge in [0.05, 0.1) is 10.1 Å². The van der Waals surface area contributed by atoms with E-state index in [1.54, 1.807) is 11.8 Å². The van der Waals surface area contributed by atoms with Gasteiger partial charge in [0.15, 0.2) is 0 Å². The molecular formula is C6H6ClNS. The van der Waals surface area contributed by atoms with Crippen LogP contribution in [0.25, 0.3) is 0 Å². The molecule has 0 amide bonds. The molecule has 2 rings (SSSR count). The number of rotatable bonds is 0. The van der Waals surface area contributed by atoms with Crippen LogP contribution in [-0.4, -0.2) is 10.1 Å². The van der Waals surface area contributed by atoms with Gasteiger partial charge in [0.1, 0.15) is 0 Å². The van der Waals surface area contributed by atoms with Crippen LogP contribution >= 0.6 is 23.4 Å². The van der Waals surface area contributed by atoms with Gasteiger partial charge in [0.2, 0.25) is 0 Å². The van der Waals surface area contributed by atoms with Gasteiger partial charge in [-0.3, -0.25) is 0 Å². The average molecular weight is 160 g/mol. The first kappa shape index (κ1) is 5.83. The molecule has 2 atom stereocenters. The fourth-order valence-electron chi connectivity index (χ4n) is 0.935. The van der Waals surface area contributed by atoms with E-state index in [9.17, 15) is 0 Å². The number of allylic oxidation sites excluding steroid dienone is 2. The fraction of sp³-hybridized carbons (Fsp3) is 0.333. The van der Waals surface area contributed by atoms with Crippen molar-refractivity contribution in [2.24, 2.45) is 5.73 Å². The second-order valence-electron chi connectivity index (χ2n) is 2.28. The summed E-state index contributed by atoms with van der Waals surface area (Å²) in [6, 6.07) is 0. The smallest absolute Gasteiger partial charge is 0.0987 e. The molecule has 1 nitrogen and oxygen atoms in total. The number of fused-ring (bicyclic) bond motifs is 1. The van der Waals surface area contributed by atoms with E-state index in [0.717, 1.165) is 5.03 Å². The molecule has 48 valence electrons. The second kappa shape index (κ2) is 1.57. The molecule has 2 aliphatic rings. The molecule has 0 radical (unpaired) electrons. The van der Waals surface area contributed by atoms with Crippen LogP contribution < -0.4 is 5.73 Å². The van der Waals surface area contributed by atoms with E-state index in [2.05, 4.69) is 0 Å². The van der Waals surface area contributed by atoms with Crippen LogP contribution in [0.2, 0.25) is 0 Å². The second-order valence-corrected chi connectivity index (χ2v) is 4.17. The monoisotopic (exact) mass is 159 g/mol. The number of nitrogens with two attached hydrogens (primary N) is 1. The van der Waals surface area contributed by atoms with E-state index in [4.69, 9.17) is 17.3 Å². The zero-order chi connectivity index (χ0) is 6.48. The van der Waals surface area contributed by atoms with Crippen LogP contribution in [0.1, 0.15) is 0 Å². The lowest BCUT2D eigenvalue weighted by Crippen LogP contribution is -2.24. The Kier molecular flexibility index (Phi) is 1.02. The highest BCUT2D eigenvalue weighted by Gasteiger charge is 2.50. The third-order valence-electron chi connectivity index (χ3n) is 1.51. The fourth-order valence-corrected chi connectivity index (χ4v) is 2.12. The first-order chi connectivity index (χ1) is 4.21. The van der Waals surface area contributed by atoms with E-state index in [-0.39, 0.29) is 4.87 Å². The lowest BCUT2D eigenvalue weighted by Gasteiger charge is -2.03. The van der Waals surface area contributed by atoms with Crippen LogP contribution in [0, 0.1) is 0 Å². The molecule has 0 saturated carbocycles. The Bertz CT molecular complexity index is 211. The summed E-state index contributed by atoms with van der Waals surface area (Å²) in [6.45, 7) is 0. The van der Waals surface area contributed by atoms with Crippen LogP contribution in [0.15, 0.2) is 23.3 Å². The minimum absolute atomic E-state index is 0.147. The Labute approximate surface area is 62.9 Å². The maximum absolute atomic E-state index is 5.79. The third kappa shape index (κ3) is 0.820. The van der Waals surface area contributed by atoms with E-state index in [0.29, 0.717) is 5.25 Å². The summed E-state index contributed by atoms with van der Waals surface area (Å²) < 4.78 is 0.